The lowest BCUT2D eigenvalue weighted by Gasteiger charge is -2.33. The number of hydrogen-bond donors (Lipinski definition) is 1. The fourth-order valence-electron chi connectivity index (χ4n) is 3.45. The van der Waals surface area contributed by atoms with Gasteiger partial charge in [-0.25, -0.2) is 0 Å². The monoisotopic (exact) mass is 395 g/mol. The molecule has 7 nitrogen and oxygen atoms in total. The van der Waals surface area contributed by atoms with Crippen molar-refractivity contribution in [2.24, 2.45) is 10.9 Å². The number of methoxy groups -OCH3 is 1. The summed E-state index contributed by atoms with van der Waals surface area (Å²) in [5.41, 5.74) is 1.08. The van der Waals surface area contributed by atoms with E-state index < -0.39 is 0 Å². The minimum Gasteiger partial charge on any atom is -0.486 e. The van der Waals surface area contributed by atoms with Crippen LogP contribution in [0.5, 0.6) is 11.5 Å². The molecule has 0 bridgehead atoms. The molecule has 0 unspecified atom stereocenters. The predicted molar refractivity (Wildman–Crippen MR) is 104 cm³/mol. The largest absolute Gasteiger partial charge is 0.486 e. The van der Waals surface area contributed by atoms with Crippen LogP contribution in [0.4, 0.5) is 0 Å². The number of nitrogens with one attached hydrogen (secondary N) is 1. The van der Waals surface area contributed by atoms with Crippen LogP contribution in [0, 0.1) is 5.92 Å². The molecule has 2 heterocycles. The Morgan fingerprint density at radius 2 is 2.07 bits per heavy atom. The van der Waals surface area contributed by atoms with E-state index in [1.807, 2.05) is 12.1 Å². The van der Waals surface area contributed by atoms with E-state index in [0.29, 0.717) is 29.7 Å². The summed E-state index contributed by atoms with van der Waals surface area (Å²) >= 11 is 6.29. The SMILES string of the molecule is CN=C(NCCc1cc(Cl)c2c(c1)OCCO2)N1CCC(C(=O)OC)CC1. The van der Waals surface area contributed by atoms with Gasteiger partial charge in [0.15, 0.2) is 17.5 Å². The van der Waals surface area contributed by atoms with Crippen molar-refractivity contribution in [1.29, 1.82) is 0 Å². The fraction of sp³-hybridized carbons (Fsp3) is 0.579. The summed E-state index contributed by atoms with van der Waals surface area (Å²) < 4.78 is 16.0. The third kappa shape index (κ3) is 4.77. The summed E-state index contributed by atoms with van der Waals surface area (Å²) in [6.45, 7) is 3.36. The van der Waals surface area contributed by atoms with E-state index in [4.69, 9.17) is 25.8 Å². The first-order valence-corrected chi connectivity index (χ1v) is 9.61. The second-order valence-corrected chi connectivity index (χ2v) is 7.02. The highest BCUT2D eigenvalue weighted by molar-refractivity contribution is 6.32. The van der Waals surface area contributed by atoms with E-state index in [0.717, 1.165) is 50.4 Å². The van der Waals surface area contributed by atoms with Crippen LogP contribution in [-0.4, -0.2) is 63.8 Å². The Labute approximate surface area is 164 Å². The zero-order valence-electron chi connectivity index (χ0n) is 15.8. The van der Waals surface area contributed by atoms with Gasteiger partial charge < -0.3 is 24.4 Å². The molecule has 2 aliphatic heterocycles. The molecule has 0 aromatic heterocycles. The lowest BCUT2D eigenvalue weighted by molar-refractivity contribution is -0.146. The summed E-state index contributed by atoms with van der Waals surface area (Å²) in [5.74, 6) is 2.06. The molecular formula is C19H26ClN3O4. The second-order valence-electron chi connectivity index (χ2n) is 6.61. The Balaban J connectivity index is 1.51. The Bertz CT molecular complexity index is 702. The van der Waals surface area contributed by atoms with Crippen molar-refractivity contribution in [3.63, 3.8) is 0 Å². The van der Waals surface area contributed by atoms with Gasteiger partial charge in [0.05, 0.1) is 18.1 Å². The van der Waals surface area contributed by atoms with Crippen molar-refractivity contribution in [2.75, 3.05) is 47.0 Å². The first kappa shape index (κ1) is 19.6. The van der Waals surface area contributed by atoms with Gasteiger partial charge in [0.2, 0.25) is 0 Å². The van der Waals surface area contributed by atoms with Crippen LogP contribution in [0.1, 0.15) is 18.4 Å². The molecule has 0 spiro atoms. The molecule has 0 amide bonds. The van der Waals surface area contributed by atoms with Crippen molar-refractivity contribution >= 4 is 23.5 Å². The second kappa shape index (κ2) is 9.17. The van der Waals surface area contributed by atoms with E-state index in [2.05, 4.69) is 15.2 Å². The van der Waals surface area contributed by atoms with Crippen molar-refractivity contribution < 1.29 is 19.0 Å². The molecule has 1 saturated heterocycles. The number of aliphatic imine (C=N–C) groups is 1. The van der Waals surface area contributed by atoms with Crippen LogP contribution in [-0.2, 0) is 16.0 Å². The number of rotatable bonds is 4. The molecule has 1 aromatic carbocycles. The average Bonchev–Trinajstić information content (AvgIpc) is 2.71. The van der Waals surface area contributed by atoms with Gasteiger partial charge in [-0.3, -0.25) is 9.79 Å². The molecule has 1 N–H and O–H groups in total. The lowest BCUT2D eigenvalue weighted by atomic mass is 9.97. The third-order valence-corrected chi connectivity index (χ3v) is 5.17. The number of likely N-dealkylation sites (tertiary alicyclic amines) is 1. The minimum absolute atomic E-state index is 0.00999. The fourth-order valence-corrected chi connectivity index (χ4v) is 3.74. The van der Waals surface area contributed by atoms with Gasteiger partial charge >= 0.3 is 5.97 Å². The number of piperidine rings is 1. The highest BCUT2D eigenvalue weighted by Crippen LogP contribution is 2.38. The van der Waals surface area contributed by atoms with Crippen molar-refractivity contribution in [1.82, 2.24) is 10.2 Å². The number of carbonyl (C=O) groups excluding carboxylic acids is 1. The quantitative estimate of drug-likeness (QED) is 0.478. The van der Waals surface area contributed by atoms with E-state index >= 15 is 0 Å². The van der Waals surface area contributed by atoms with E-state index in [9.17, 15) is 4.79 Å². The molecule has 2 aliphatic rings. The van der Waals surface area contributed by atoms with Crippen molar-refractivity contribution in [2.45, 2.75) is 19.3 Å². The summed E-state index contributed by atoms with van der Waals surface area (Å²) in [6, 6.07) is 3.90. The maximum atomic E-state index is 11.7. The van der Waals surface area contributed by atoms with Gasteiger partial charge in [-0.05, 0) is 37.0 Å². The first-order chi connectivity index (χ1) is 13.1. The standard InChI is InChI=1S/C19H26ClN3O4/c1-21-19(23-7-4-14(5-8-23)18(24)25-2)22-6-3-13-11-15(20)17-16(12-13)26-9-10-27-17/h11-12,14H,3-10H2,1-2H3,(H,21,22). The Morgan fingerprint density at radius 1 is 1.33 bits per heavy atom. The molecule has 148 valence electrons. The molecule has 0 aliphatic carbocycles. The Hall–Kier alpha value is -2.15. The summed E-state index contributed by atoms with van der Waals surface area (Å²) in [7, 11) is 3.22. The molecule has 27 heavy (non-hydrogen) atoms. The van der Waals surface area contributed by atoms with Crippen LogP contribution in [0.2, 0.25) is 5.02 Å². The predicted octanol–water partition coefficient (Wildman–Crippen LogP) is 2.11. The number of guanidine groups is 1. The minimum atomic E-state index is -0.118. The normalized spacial score (nSPS) is 17.6. The first-order valence-electron chi connectivity index (χ1n) is 9.23. The molecule has 0 radical (unpaired) electrons. The van der Waals surface area contributed by atoms with Gasteiger partial charge in [-0.1, -0.05) is 11.6 Å². The summed E-state index contributed by atoms with van der Waals surface area (Å²) in [6.07, 6.45) is 2.35. The summed E-state index contributed by atoms with van der Waals surface area (Å²) in [4.78, 5) is 18.2. The van der Waals surface area contributed by atoms with Crippen molar-refractivity contribution in [3.8, 4) is 11.5 Å². The van der Waals surface area contributed by atoms with Gasteiger partial charge in [0.1, 0.15) is 13.2 Å². The van der Waals surface area contributed by atoms with Gasteiger partial charge in [-0.2, -0.15) is 0 Å². The topological polar surface area (TPSA) is 72.4 Å². The zero-order valence-corrected chi connectivity index (χ0v) is 16.6. The average molecular weight is 396 g/mol. The molecule has 1 fully saturated rings. The molecule has 0 saturated carbocycles. The molecule has 3 rings (SSSR count). The van der Waals surface area contributed by atoms with Gasteiger partial charge in [0, 0.05) is 26.7 Å². The van der Waals surface area contributed by atoms with E-state index in [1.54, 1.807) is 7.05 Å². The number of nitrogens with zero attached hydrogens (tertiary/aromatic N) is 2. The number of hydrogen-bond acceptors (Lipinski definition) is 5. The molecule has 1 aromatic rings. The maximum Gasteiger partial charge on any atom is 0.308 e. The number of ether oxygens (including phenoxy) is 3. The van der Waals surface area contributed by atoms with Gasteiger partial charge in [0.25, 0.3) is 0 Å². The van der Waals surface area contributed by atoms with E-state index in [1.165, 1.54) is 7.11 Å². The highest BCUT2D eigenvalue weighted by Gasteiger charge is 2.27. The van der Waals surface area contributed by atoms with Crippen LogP contribution < -0.4 is 14.8 Å². The Kier molecular flexibility index (Phi) is 6.66. The van der Waals surface area contributed by atoms with Gasteiger partial charge in [-0.15, -0.1) is 0 Å². The Morgan fingerprint density at radius 3 is 2.78 bits per heavy atom. The number of benzene rings is 1. The van der Waals surface area contributed by atoms with E-state index in [-0.39, 0.29) is 11.9 Å². The molecule has 8 heteroatoms. The van der Waals surface area contributed by atoms with Crippen molar-refractivity contribution in [3.05, 3.63) is 22.7 Å². The molecule has 0 atom stereocenters. The number of fused-ring (bicyclic) bond motifs is 1. The number of esters is 1. The summed E-state index contributed by atoms with van der Waals surface area (Å²) in [5, 5.41) is 3.97. The lowest BCUT2D eigenvalue weighted by Crippen LogP contribution is -2.47. The maximum absolute atomic E-state index is 11.7. The zero-order chi connectivity index (χ0) is 19.2. The third-order valence-electron chi connectivity index (χ3n) is 4.89. The van der Waals surface area contributed by atoms with Crippen LogP contribution in [0.15, 0.2) is 17.1 Å². The highest BCUT2D eigenvalue weighted by atomic mass is 35.5. The van der Waals surface area contributed by atoms with Crippen LogP contribution in [0.25, 0.3) is 0 Å². The van der Waals surface area contributed by atoms with Crippen LogP contribution >= 0.6 is 11.6 Å². The number of halogens is 1. The molecular weight excluding hydrogens is 370 g/mol. The smallest absolute Gasteiger partial charge is 0.308 e. The van der Waals surface area contributed by atoms with Crippen LogP contribution in [0.3, 0.4) is 0 Å². The number of carbonyl (C=O) groups is 1.